The van der Waals surface area contributed by atoms with Crippen LogP contribution in [0.5, 0.6) is 0 Å². The Kier molecular flexibility index (Phi) is 3.70. The van der Waals surface area contributed by atoms with Crippen LogP contribution in [-0.2, 0) is 11.2 Å². The zero-order valence-electron chi connectivity index (χ0n) is 10.9. The molecule has 0 amide bonds. The lowest BCUT2D eigenvalue weighted by Crippen LogP contribution is -2.31. The molecule has 0 saturated heterocycles. The fourth-order valence-electron chi connectivity index (χ4n) is 2.53. The minimum absolute atomic E-state index is 0.697. The molecule has 0 saturated carbocycles. The first-order valence-corrected chi connectivity index (χ1v) is 6.31. The van der Waals surface area contributed by atoms with Crippen LogP contribution in [0.25, 0.3) is 0 Å². The Morgan fingerprint density at radius 3 is 3.00 bits per heavy atom. The van der Waals surface area contributed by atoms with E-state index in [2.05, 4.69) is 30.0 Å². The predicted octanol–water partition coefficient (Wildman–Crippen LogP) is 2.78. The number of hydrogen-bond acceptors (Lipinski definition) is 2. The van der Waals surface area contributed by atoms with Gasteiger partial charge in [0.1, 0.15) is 0 Å². The summed E-state index contributed by atoms with van der Waals surface area (Å²) in [6, 6.07) is 6.50. The van der Waals surface area contributed by atoms with Crippen LogP contribution in [0.3, 0.4) is 0 Å². The molecule has 1 aromatic rings. The number of fused-ring (bicyclic) bond motifs is 1. The van der Waals surface area contributed by atoms with E-state index in [0.29, 0.717) is 6.54 Å². The highest BCUT2D eigenvalue weighted by Crippen LogP contribution is 2.28. The van der Waals surface area contributed by atoms with E-state index in [-0.39, 0.29) is 0 Å². The van der Waals surface area contributed by atoms with Gasteiger partial charge in [-0.05, 0) is 43.9 Å². The molecule has 0 bridgehead atoms. The summed E-state index contributed by atoms with van der Waals surface area (Å²) < 4.78 is 0. The van der Waals surface area contributed by atoms with Crippen molar-refractivity contribution >= 4 is 11.7 Å². The van der Waals surface area contributed by atoms with Crippen molar-refractivity contribution < 1.29 is 9.90 Å². The number of carbonyl (C=O) groups is 1. The van der Waals surface area contributed by atoms with Crippen LogP contribution in [0.15, 0.2) is 29.8 Å². The maximum Gasteiger partial charge on any atom is 0.328 e. The maximum absolute atomic E-state index is 10.6. The van der Waals surface area contributed by atoms with Crippen LogP contribution < -0.4 is 4.90 Å². The number of benzene rings is 1. The number of carboxylic acid groups (broad SMARTS) is 1. The second kappa shape index (κ2) is 5.25. The molecule has 1 aliphatic rings. The van der Waals surface area contributed by atoms with Crippen molar-refractivity contribution in [2.75, 3.05) is 18.0 Å². The lowest BCUT2D eigenvalue weighted by atomic mass is 9.99. The third-order valence-corrected chi connectivity index (χ3v) is 3.26. The largest absolute Gasteiger partial charge is 0.478 e. The SMILES string of the molecule is C/C(=C\C(=O)O)CN1CCCc2cc(C)ccc21. The van der Waals surface area contributed by atoms with Crippen molar-refractivity contribution in [3.05, 3.63) is 41.0 Å². The molecule has 0 aliphatic carbocycles. The molecule has 0 radical (unpaired) electrons. The monoisotopic (exact) mass is 245 g/mol. The molecule has 3 nitrogen and oxygen atoms in total. The molecule has 18 heavy (non-hydrogen) atoms. The zero-order chi connectivity index (χ0) is 13.1. The quantitative estimate of drug-likeness (QED) is 0.832. The lowest BCUT2D eigenvalue weighted by Gasteiger charge is -2.31. The molecule has 1 aromatic carbocycles. The highest BCUT2D eigenvalue weighted by molar-refractivity contribution is 5.80. The second-order valence-corrected chi connectivity index (χ2v) is 4.99. The van der Waals surface area contributed by atoms with Crippen molar-refractivity contribution in [1.29, 1.82) is 0 Å². The molecule has 1 N–H and O–H groups in total. The van der Waals surface area contributed by atoms with E-state index in [9.17, 15) is 4.79 Å². The standard InChI is InChI=1S/C15H19NO2/c1-11-5-6-14-13(8-11)4-3-7-16(14)10-12(2)9-15(17)18/h5-6,8-9H,3-4,7,10H2,1-2H3,(H,17,18)/b12-9+. The highest BCUT2D eigenvalue weighted by Gasteiger charge is 2.16. The van der Waals surface area contributed by atoms with E-state index in [1.54, 1.807) is 0 Å². The molecule has 0 atom stereocenters. The van der Waals surface area contributed by atoms with E-state index in [1.807, 2.05) is 6.92 Å². The van der Waals surface area contributed by atoms with Crippen LogP contribution >= 0.6 is 0 Å². The topological polar surface area (TPSA) is 40.5 Å². The number of carboxylic acids is 1. The van der Waals surface area contributed by atoms with E-state index < -0.39 is 5.97 Å². The summed E-state index contributed by atoms with van der Waals surface area (Å²) in [6.07, 6.45) is 3.55. The van der Waals surface area contributed by atoms with Gasteiger partial charge in [-0.3, -0.25) is 0 Å². The molecule has 0 spiro atoms. The molecule has 0 unspecified atom stereocenters. The normalized spacial score (nSPS) is 15.4. The van der Waals surface area contributed by atoms with Gasteiger partial charge in [0.2, 0.25) is 0 Å². The third kappa shape index (κ3) is 2.92. The summed E-state index contributed by atoms with van der Waals surface area (Å²) in [7, 11) is 0. The van der Waals surface area contributed by atoms with Gasteiger partial charge in [-0.25, -0.2) is 4.79 Å². The fraction of sp³-hybridized carbons (Fsp3) is 0.400. The highest BCUT2D eigenvalue weighted by atomic mass is 16.4. The fourth-order valence-corrected chi connectivity index (χ4v) is 2.53. The van der Waals surface area contributed by atoms with Gasteiger partial charge < -0.3 is 10.0 Å². The van der Waals surface area contributed by atoms with Crippen molar-refractivity contribution in [3.63, 3.8) is 0 Å². The summed E-state index contributed by atoms with van der Waals surface area (Å²) in [5, 5.41) is 8.75. The zero-order valence-corrected chi connectivity index (χ0v) is 10.9. The van der Waals surface area contributed by atoms with Crippen molar-refractivity contribution in [2.45, 2.75) is 26.7 Å². The first kappa shape index (κ1) is 12.7. The average Bonchev–Trinajstić information content (AvgIpc) is 2.27. The van der Waals surface area contributed by atoms with Crippen LogP contribution in [-0.4, -0.2) is 24.2 Å². The second-order valence-electron chi connectivity index (χ2n) is 4.99. The minimum Gasteiger partial charge on any atom is -0.478 e. The molecular formula is C15H19NO2. The number of rotatable bonds is 3. The van der Waals surface area contributed by atoms with Crippen molar-refractivity contribution in [3.8, 4) is 0 Å². The predicted molar refractivity (Wildman–Crippen MR) is 73.1 cm³/mol. The summed E-state index contributed by atoms with van der Waals surface area (Å²) in [5.74, 6) is -0.867. The van der Waals surface area contributed by atoms with Crippen molar-refractivity contribution in [2.24, 2.45) is 0 Å². The molecule has 96 valence electrons. The molecular weight excluding hydrogens is 226 g/mol. The number of aryl methyl sites for hydroxylation is 2. The molecule has 0 aromatic heterocycles. The third-order valence-electron chi connectivity index (χ3n) is 3.26. The molecule has 0 fully saturated rings. The Hall–Kier alpha value is -1.77. The number of nitrogens with zero attached hydrogens (tertiary/aromatic N) is 1. The molecule has 3 heteroatoms. The Labute approximate surface area is 108 Å². The molecule has 1 aliphatic heterocycles. The summed E-state index contributed by atoms with van der Waals surface area (Å²) in [6.45, 7) is 5.68. The Bertz CT molecular complexity index is 491. The molecule has 2 rings (SSSR count). The van der Waals surface area contributed by atoms with Gasteiger partial charge in [0.15, 0.2) is 0 Å². The van der Waals surface area contributed by atoms with Gasteiger partial charge in [0, 0.05) is 24.9 Å². The maximum atomic E-state index is 10.6. The lowest BCUT2D eigenvalue weighted by molar-refractivity contribution is -0.131. The van der Waals surface area contributed by atoms with Gasteiger partial charge in [-0.15, -0.1) is 0 Å². The molecule has 1 heterocycles. The van der Waals surface area contributed by atoms with Crippen molar-refractivity contribution in [1.82, 2.24) is 0 Å². The van der Waals surface area contributed by atoms with Gasteiger partial charge in [0.25, 0.3) is 0 Å². The van der Waals surface area contributed by atoms with Gasteiger partial charge in [0.05, 0.1) is 0 Å². The van der Waals surface area contributed by atoms with E-state index in [0.717, 1.165) is 25.0 Å². The Morgan fingerprint density at radius 2 is 2.28 bits per heavy atom. The summed E-state index contributed by atoms with van der Waals surface area (Å²) in [4.78, 5) is 12.9. The van der Waals surface area contributed by atoms with Gasteiger partial charge >= 0.3 is 5.97 Å². The first-order valence-electron chi connectivity index (χ1n) is 6.31. The van der Waals surface area contributed by atoms with Crippen LogP contribution in [0.4, 0.5) is 5.69 Å². The number of anilines is 1. The van der Waals surface area contributed by atoms with Gasteiger partial charge in [-0.1, -0.05) is 17.7 Å². The van der Waals surface area contributed by atoms with Crippen LogP contribution in [0, 0.1) is 6.92 Å². The minimum atomic E-state index is -0.867. The van der Waals surface area contributed by atoms with E-state index >= 15 is 0 Å². The van der Waals surface area contributed by atoms with E-state index in [1.165, 1.54) is 22.9 Å². The average molecular weight is 245 g/mol. The number of hydrogen-bond donors (Lipinski definition) is 1. The van der Waals surface area contributed by atoms with Crippen LogP contribution in [0.1, 0.15) is 24.5 Å². The summed E-state index contributed by atoms with van der Waals surface area (Å²) in [5.41, 5.74) is 4.80. The summed E-state index contributed by atoms with van der Waals surface area (Å²) >= 11 is 0. The van der Waals surface area contributed by atoms with E-state index in [4.69, 9.17) is 5.11 Å². The number of aliphatic carboxylic acids is 1. The smallest absolute Gasteiger partial charge is 0.328 e. The van der Waals surface area contributed by atoms with Gasteiger partial charge in [-0.2, -0.15) is 0 Å². The first-order chi connectivity index (χ1) is 8.56. The Morgan fingerprint density at radius 1 is 1.50 bits per heavy atom. The Balaban J connectivity index is 2.20. The van der Waals surface area contributed by atoms with Crippen LogP contribution in [0.2, 0.25) is 0 Å².